The van der Waals surface area contributed by atoms with Gasteiger partial charge in [-0.2, -0.15) is 5.10 Å². The molecule has 5 rings (SSSR count). The fraction of sp³-hybridized carbons (Fsp3) is 0.542. The molecule has 0 amide bonds. The maximum absolute atomic E-state index is 11.3. The van der Waals surface area contributed by atoms with Crippen molar-refractivity contribution in [2.45, 2.75) is 44.1 Å². The largest absolute Gasteiger partial charge is 0.480 e. The van der Waals surface area contributed by atoms with Gasteiger partial charge in [-0.3, -0.25) is 9.48 Å². The van der Waals surface area contributed by atoms with E-state index in [4.69, 9.17) is 14.2 Å². The normalized spacial score (nSPS) is 25.5. The highest BCUT2D eigenvalue weighted by atomic mass is 16.6. The van der Waals surface area contributed by atoms with E-state index in [-0.39, 0.29) is 17.7 Å². The van der Waals surface area contributed by atoms with Crippen LogP contribution < -0.4 is 15.0 Å². The number of ether oxygens (including phenoxy) is 3. The molecule has 10 heteroatoms. The Bertz CT molecular complexity index is 1150. The van der Waals surface area contributed by atoms with Crippen LogP contribution in [-0.4, -0.2) is 82.5 Å². The summed E-state index contributed by atoms with van der Waals surface area (Å²) in [5, 5.41) is 16.7. The number of morpholine rings is 1. The summed E-state index contributed by atoms with van der Waals surface area (Å²) in [6, 6.07) is 1.42. The van der Waals surface area contributed by atoms with Crippen molar-refractivity contribution in [3.8, 4) is 17.7 Å². The number of rotatable bonds is 4. The van der Waals surface area contributed by atoms with Crippen molar-refractivity contribution < 1.29 is 24.1 Å². The topological polar surface area (TPSA) is 111 Å². The zero-order valence-electron chi connectivity index (χ0n) is 19.6. The number of hydrogen-bond acceptors (Lipinski definition) is 8. The van der Waals surface area contributed by atoms with Gasteiger partial charge >= 0.3 is 5.97 Å². The van der Waals surface area contributed by atoms with Crippen molar-refractivity contribution >= 4 is 11.7 Å². The molecule has 3 saturated heterocycles. The number of nitrogens with zero attached hydrogens (tertiary/aromatic N) is 4. The summed E-state index contributed by atoms with van der Waals surface area (Å²) in [4.78, 5) is 18.2. The molecule has 0 saturated carbocycles. The maximum Gasteiger partial charge on any atom is 0.320 e. The van der Waals surface area contributed by atoms with Crippen molar-refractivity contribution in [2.75, 3.05) is 37.8 Å². The van der Waals surface area contributed by atoms with E-state index in [0.717, 1.165) is 22.5 Å². The van der Waals surface area contributed by atoms with Crippen LogP contribution in [-0.2, 0) is 21.3 Å². The number of anilines is 1. The molecular weight excluding hydrogens is 438 g/mol. The molecule has 3 aliphatic rings. The van der Waals surface area contributed by atoms with Gasteiger partial charge in [0.15, 0.2) is 0 Å². The SMILES string of the molecule is Cc1cn(C)nc1C#Cc1cnc(O[C@@H]2CN[C@H](C(=O)O)C2)c(N2CCOC3(COC3)[C@@H]2C)c1. The van der Waals surface area contributed by atoms with Gasteiger partial charge in [-0.1, -0.05) is 5.92 Å². The molecule has 0 bridgehead atoms. The Hall–Kier alpha value is -3.13. The van der Waals surface area contributed by atoms with E-state index in [0.29, 0.717) is 45.2 Å². The molecule has 0 aliphatic carbocycles. The van der Waals surface area contributed by atoms with Gasteiger partial charge in [0, 0.05) is 50.1 Å². The van der Waals surface area contributed by atoms with E-state index in [2.05, 4.69) is 39.1 Å². The Labute approximate surface area is 198 Å². The fourth-order valence-corrected chi connectivity index (χ4v) is 4.71. The fourth-order valence-electron chi connectivity index (χ4n) is 4.71. The Morgan fingerprint density at radius 1 is 1.38 bits per heavy atom. The average Bonchev–Trinajstić information content (AvgIpc) is 3.38. The summed E-state index contributed by atoms with van der Waals surface area (Å²) in [7, 11) is 1.87. The van der Waals surface area contributed by atoms with Gasteiger partial charge in [0.05, 0.1) is 25.9 Å². The second-order valence-corrected chi connectivity index (χ2v) is 9.18. The first-order chi connectivity index (χ1) is 16.3. The molecule has 3 aliphatic heterocycles. The molecule has 1 spiro atoms. The van der Waals surface area contributed by atoms with E-state index in [1.54, 1.807) is 10.9 Å². The van der Waals surface area contributed by atoms with Crippen LogP contribution in [0, 0.1) is 18.8 Å². The summed E-state index contributed by atoms with van der Waals surface area (Å²) in [6.45, 7) is 6.92. The zero-order chi connectivity index (χ0) is 23.9. The van der Waals surface area contributed by atoms with Gasteiger partial charge in [0.25, 0.3) is 0 Å². The second kappa shape index (κ2) is 8.91. The predicted octanol–water partition coefficient (Wildman–Crippen LogP) is 0.711. The first kappa shape index (κ1) is 22.7. The van der Waals surface area contributed by atoms with Crippen LogP contribution in [0.3, 0.4) is 0 Å². The van der Waals surface area contributed by atoms with Gasteiger partial charge in [0.2, 0.25) is 5.88 Å². The Balaban J connectivity index is 1.46. The Kier molecular flexibility index (Phi) is 5.93. The van der Waals surface area contributed by atoms with Crippen LogP contribution >= 0.6 is 0 Å². The number of carbonyl (C=O) groups is 1. The highest BCUT2D eigenvalue weighted by Gasteiger charge is 2.50. The lowest BCUT2D eigenvalue weighted by molar-refractivity contribution is -0.228. The van der Waals surface area contributed by atoms with Crippen LogP contribution in [0.5, 0.6) is 5.88 Å². The number of aromatic nitrogens is 3. The van der Waals surface area contributed by atoms with Crippen LogP contribution in [0.25, 0.3) is 0 Å². The van der Waals surface area contributed by atoms with Crippen molar-refractivity contribution in [3.63, 3.8) is 0 Å². The third kappa shape index (κ3) is 4.22. The molecule has 180 valence electrons. The highest BCUT2D eigenvalue weighted by Crippen LogP contribution is 2.38. The van der Waals surface area contributed by atoms with E-state index < -0.39 is 12.0 Å². The molecule has 3 fully saturated rings. The molecule has 10 nitrogen and oxygen atoms in total. The number of hydrogen-bond donors (Lipinski definition) is 2. The molecule has 0 aromatic carbocycles. The van der Waals surface area contributed by atoms with Crippen molar-refractivity contribution in [1.29, 1.82) is 0 Å². The monoisotopic (exact) mass is 467 g/mol. The van der Waals surface area contributed by atoms with Crippen LogP contribution in [0.15, 0.2) is 18.5 Å². The summed E-state index contributed by atoms with van der Waals surface area (Å²) in [6.07, 6.45) is 3.72. The molecule has 3 atom stereocenters. The Morgan fingerprint density at radius 2 is 2.21 bits per heavy atom. The number of carboxylic acid groups (broad SMARTS) is 1. The second-order valence-electron chi connectivity index (χ2n) is 9.18. The number of aryl methyl sites for hydroxylation is 2. The molecule has 2 aromatic rings. The van der Waals surface area contributed by atoms with Crippen molar-refractivity contribution in [2.24, 2.45) is 7.05 Å². The standard InChI is InChI=1S/C24H29N5O5/c1-15-12-28(3)27-19(15)5-4-17-8-21(29-6-7-33-24(16(29)2)13-32-14-24)22(26-10-17)34-18-9-20(23(30)31)25-11-18/h8,10,12,16,18,20,25H,6-7,9,11,13-14H2,1-3H3,(H,30,31)/t16-,18-,20-/m0/s1. The molecule has 0 radical (unpaired) electrons. The van der Waals surface area contributed by atoms with E-state index in [9.17, 15) is 9.90 Å². The van der Waals surface area contributed by atoms with Crippen LogP contribution in [0.4, 0.5) is 5.69 Å². The van der Waals surface area contributed by atoms with Crippen LogP contribution in [0.2, 0.25) is 0 Å². The lowest BCUT2D eigenvalue weighted by atomic mass is 9.90. The van der Waals surface area contributed by atoms with Gasteiger partial charge < -0.3 is 29.5 Å². The third-order valence-electron chi connectivity index (χ3n) is 6.79. The smallest absolute Gasteiger partial charge is 0.320 e. The van der Waals surface area contributed by atoms with E-state index >= 15 is 0 Å². The van der Waals surface area contributed by atoms with Crippen molar-refractivity contribution in [3.05, 3.63) is 35.3 Å². The molecular formula is C24H29N5O5. The maximum atomic E-state index is 11.3. The number of nitrogens with one attached hydrogen (secondary N) is 1. The third-order valence-corrected chi connectivity index (χ3v) is 6.79. The minimum absolute atomic E-state index is 0.0499. The molecule has 2 aromatic heterocycles. The van der Waals surface area contributed by atoms with E-state index in [1.165, 1.54) is 0 Å². The van der Waals surface area contributed by atoms with Gasteiger partial charge in [-0.05, 0) is 25.8 Å². The summed E-state index contributed by atoms with van der Waals surface area (Å²) >= 11 is 0. The quantitative estimate of drug-likeness (QED) is 0.628. The molecule has 0 unspecified atom stereocenters. The average molecular weight is 468 g/mol. The van der Waals surface area contributed by atoms with Crippen LogP contribution in [0.1, 0.15) is 30.2 Å². The number of carboxylic acids is 1. The first-order valence-corrected chi connectivity index (χ1v) is 11.5. The summed E-state index contributed by atoms with van der Waals surface area (Å²) < 4.78 is 19.5. The predicted molar refractivity (Wildman–Crippen MR) is 123 cm³/mol. The highest BCUT2D eigenvalue weighted by molar-refractivity contribution is 5.74. The number of aliphatic carboxylic acids is 1. The van der Waals surface area contributed by atoms with Crippen molar-refractivity contribution in [1.82, 2.24) is 20.1 Å². The minimum atomic E-state index is -0.872. The van der Waals surface area contributed by atoms with E-state index in [1.807, 2.05) is 26.2 Å². The summed E-state index contributed by atoms with van der Waals surface area (Å²) in [5.41, 5.74) is 2.97. The lowest BCUT2D eigenvalue weighted by Crippen LogP contribution is -2.68. The number of pyridine rings is 1. The Morgan fingerprint density at radius 3 is 2.85 bits per heavy atom. The minimum Gasteiger partial charge on any atom is -0.480 e. The summed E-state index contributed by atoms with van der Waals surface area (Å²) in [5.74, 6) is 5.93. The van der Waals surface area contributed by atoms with Gasteiger partial charge in [-0.15, -0.1) is 0 Å². The molecule has 2 N–H and O–H groups in total. The molecule has 5 heterocycles. The molecule has 34 heavy (non-hydrogen) atoms. The first-order valence-electron chi connectivity index (χ1n) is 11.5. The van der Waals surface area contributed by atoms with Gasteiger partial charge in [0.1, 0.15) is 29.1 Å². The van der Waals surface area contributed by atoms with Gasteiger partial charge in [-0.25, -0.2) is 4.98 Å². The lowest BCUT2D eigenvalue weighted by Gasteiger charge is -2.53. The zero-order valence-corrected chi connectivity index (χ0v) is 19.6.